The minimum atomic E-state index is -4.75. The van der Waals surface area contributed by atoms with Gasteiger partial charge < -0.3 is 24.5 Å². The zero-order valence-corrected chi connectivity index (χ0v) is 21.1. The Kier molecular flexibility index (Phi) is 7.57. The SMILES string of the molecule is C[C@H]1C[C@H](n2c(Nc3ccc(OC(F)(F)F)cc3)nc3cc(OCCCC(=O)O)ccc32)CC(C)(C)C1. The summed E-state index contributed by atoms with van der Waals surface area (Å²) in [5.41, 5.74) is 2.37. The number of ether oxygens (including phenoxy) is 2. The Morgan fingerprint density at radius 2 is 1.86 bits per heavy atom. The number of aliphatic carboxylic acids is 1. The zero-order chi connectivity index (χ0) is 26.8. The molecule has 0 amide bonds. The number of carboxylic acid groups (broad SMARTS) is 1. The molecule has 0 spiro atoms. The summed E-state index contributed by atoms with van der Waals surface area (Å²) in [4.78, 5) is 15.6. The van der Waals surface area contributed by atoms with Crippen LogP contribution in [0.4, 0.5) is 24.8 Å². The Balaban J connectivity index is 1.64. The number of benzene rings is 2. The van der Waals surface area contributed by atoms with Gasteiger partial charge in [0.25, 0.3) is 0 Å². The van der Waals surface area contributed by atoms with Crippen molar-refractivity contribution in [2.75, 3.05) is 11.9 Å². The Labute approximate surface area is 213 Å². The first kappa shape index (κ1) is 26.6. The van der Waals surface area contributed by atoms with E-state index in [0.29, 0.717) is 35.2 Å². The molecule has 0 unspecified atom stereocenters. The maximum Gasteiger partial charge on any atom is 0.573 e. The molecule has 3 aromatic rings. The number of nitrogens with zero attached hydrogens (tertiary/aromatic N) is 2. The Bertz CT molecular complexity index is 1240. The van der Waals surface area contributed by atoms with E-state index in [4.69, 9.17) is 14.8 Å². The fraction of sp³-hybridized carbons (Fsp3) is 0.481. The molecule has 4 rings (SSSR count). The molecule has 1 fully saturated rings. The van der Waals surface area contributed by atoms with Gasteiger partial charge >= 0.3 is 12.3 Å². The number of aromatic nitrogens is 2. The van der Waals surface area contributed by atoms with E-state index in [0.717, 1.165) is 24.8 Å². The average molecular weight is 520 g/mol. The van der Waals surface area contributed by atoms with Crippen molar-refractivity contribution in [1.29, 1.82) is 0 Å². The molecule has 200 valence electrons. The molecule has 37 heavy (non-hydrogen) atoms. The van der Waals surface area contributed by atoms with Crippen molar-refractivity contribution in [2.45, 2.75) is 65.3 Å². The number of carboxylic acids is 1. The van der Waals surface area contributed by atoms with Crippen LogP contribution in [0.2, 0.25) is 0 Å². The highest BCUT2D eigenvalue weighted by Crippen LogP contribution is 2.46. The summed E-state index contributed by atoms with van der Waals surface area (Å²) >= 11 is 0. The third-order valence-corrected chi connectivity index (χ3v) is 6.54. The molecule has 2 atom stereocenters. The second-order valence-corrected chi connectivity index (χ2v) is 10.6. The van der Waals surface area contributed by atoms with Crippen molar-refractivity contribution >= 4 is 28.6 Å². The van der Waals surface area contributed by atoms with Crippen LogP contribution in [-0.4, -0.2) is 33.6 Å². The maximum atomic E-state index is 12.5. The lowest BCUT2D eigenvalue weighted by atomic mass is 9.70. The van der Waals surface area contributed by atoms with Gasteiger partial charge in [-0.3, -0.25) is 4.79 Å². The van der Waals surface area contributed by atoms with E-state index in [1.165, 1.54) is 24.3 Å². The fourth-order valence-corrected chi connectivity index (χ4v) is 5.40. The van der Waals surface area contributed by atoms with Crippen LogP contribution in [0.15, 0.2) is 42.5 Å². The summed E-state index contributed by atoms with van der Waals surface area (Å²) in [6, 6.07) is 11.4. The minimum absolute atomic E-state index is 0.0351. The van der Waals surface area contributed by atoms with Crippen molar-refractivity contribution in [3.8, 4) is 11.5 Å². The number of hydrogen-bond donors (Lipinski definition) is 2. The van der Waals surface area contributed by atoms with Crippen molar-refractivity contribution < 1.29 is 32.5 Å². The molecular formula is C27H32F3N3O4. The highest BCUT2D eigenvalue weighted by atomic mass is 19.4. The fourth-order valence-electron chi connectivity index (χ4n) is 5.40. The lowest BCUT2D eigenvalue weighted by Crippen LogP contribution is -2.29. The summed E-state index contributed by atoms with van der Waals surface area (Å²) in [6.45, 7) is 7.07. The number of imidazole rings is 1. The van der Waals surface area contributed by atoms with Gasteiger partial charge in [0, 0.05) is 24.2 Å². The molecular weight excluding hydrogens is 487 g/mol. The second kappa shape index (κ2) is 10.5. The van der Waals surface area contributed by atoms with Crippen LogP contribution < -0.4 is 14.8 Å². The molecule has 0 saturated heterocycles. The van der Waals surface area contributed by atoms with E-state index in [9.17, 15) is 18.0 Å². The molecule has 1 heterocycles. The van der Waals surface area contributed by atoms with E-state index < -0.39 is 12.3 Å². The number of halogens is 3. The van der Waals surface area contributed by atoms with Crippen molar-refractivity contribution in [3.63, 3.8) is 0 Å². The number of fused-ring (bicyclic) bond motifs is 1. The third kappa shape index (κ3) is 7.08. The van der Waals surface area contributed by atoms with Crippen molar-refractivity contribution in [3.05, 3.63) is 42.5 Å². The van der Waals surface area contributed by atoms with Gasteiger partial charge in [0.05, 0.1) is 17.6 Å². The molecule has 0 bridgehead atoms. The largest absolute Gasteiger partial charge is 0.573 e. The van der Waals surface area contributed by atoms with Crippen LogP contribution in [0.5, 0.6) is 11.5 Å². The zero-order valence-electron chi connectivity index (χ0n) is 21.1. The van der Waals surface area contributed by atoms with E-state index in [2.05, 4.69) is 35.4 Å². The van der Waals surface area contributed by atoms with E-state index >= 15 is 0 Å². The van der Waals surface area contributed by atoms with Crippen LogP contribution in [0.25, 0.3) is 11.0 Å². The monoisotopic (exact) mass is 519 g/mol. The number of rotatable bonds is 9. The van der Waals surface area contributed by atoms with Crippen LogP contribution in [0.3, 0.4) is 0 Å². The van der Waals surface area contributed by atoms with Crippen LogP contribution in [-0.2, 0) is 4.79 Å². The van der Waals surface area contributed by atoms with Gasteiger partial charge in [0.1, 0.15) is 11.5 Å². The number of carbonyl (C=O) groups is 1. The Hall–Kier alpha value is -3.43. The molecule has 2 N–H and O–H groups in total. The predicted octanol–water partition coefficient (Wildman–Crippen LogP) is 7.31. The van der Waals surface area contributed by atoms with Gasteiger partial charge in [-0.25, -0.2) is 4.98 Å². The summed E-state index contributed by atoms with van der Waals surface area (Å²) in [5, 5.41) is 12.1. The maximum absolute atomic E-state index is 12.5. The van der Waals surface area contributed by atoms with Gasteiger partial charge in [-0.05, 0) is 73.4 Å². The standard InChI is InChI=1S/C27H32F3N3O4/c1-17-13-19(16-26(2,3)15-17)33-23-11-10-21(36-12-4-5-24(34)35)14-22(23)32-25(33)31-18-6-8-20(9-7-18)37-27(28,29)30/h6-11,14,17,19H,4-5,12-13,15-16H2,1-3H3,(H,31,32)(H,34,35)/t17-,19-/m0/s1. The van der Waals surface area contributed by atoms with E-state index in [1.807, 2.05) is 18.2 Å². The quantitative estimate of drug-likeness (QED) is 0.288. The van der Waals surface area contributed by atoms with Crippen molar-refractivity contribution in [1.82, 2.24) is 9.55 Å². The van der Waals surface area contributed by atoms with Crippen LogP contribution in [0.1, 0.15) is 58.9 Å². The van der Waals surface area contributed by atoms with Gasteiger partial charge in [-0.2, -0.15) is 0 Å². The number of anilines is 2. The summed E-state index contributed by atoms with van der Waals surface area (Å²) < 4.78 is 49.5. The number of alkyl halides is 3. The average Bonchev–Trinajstić information content (AvgIpc) is 3.12. The first-order valence-corrected chi connectivity index (χ1v) is 12.4. The molecule has 7 nitrogen and oxygen atoms in total. The van der Waals surface area contributed by atoms with Gasteiger partial charge in [-0.15, -0.1) is 13.2 Å². The topological polar surface area (TPSA) is 85.6 Å². The highest BCUT2D eigenvalue weighted by molar-refractivity contribution is 5.81. The second-order valence-electron chi connectivity index (χ2n) is 10.6. The summed E-state index contributed by atoms with van der Waals surface area (Å²) in [5.74, 6) is 0.558. The van der Waals surface area contributed by atoms with E-state index in [-0.39, 0.29) is 30.2 Å². The number of hydrogen-bond acceptors (Lipinski definition) is 5. The van der Waals surface area contributed by atoms with Gasteiger partial charge in [0.2, 0.25) is 5.95 Å². The molecule has 1 aliphatic rings. The molecule has 1 aliphatic carbocycles. The summed E-state index contributed by atoms with van der Waals surface area (Å²) in [7, 11) is 0. The number of nitrogens with one attached hydrogen (secondary N) is 1. The lowest BCUT2D eigenvalue weighted by Gasteiger charge is -2.40. The normalized spacial score (nSPS) is 19.5. The van der Waals surface area contributed by atoms with Crippen LogP contribution >= 0.6 is 0 Å². The van der Waals surface area contributed by atoms with E-state index in [1.54, 1.807) is 0 Å². The van der Waals surface area contributed by atoms with Crippen LogP contribution in [0, 0.1) is 11.3 Å². The molecule has 10 heteroatoms. The lowest BCUT2D eigenvalue weighted by molar-refractivity contribution is -0.274. The molecule has 0 aliphatic heterocycles. The molecule has 0 radical (unpaired) electrons. The molecule has 1 saturated carbocycles. The minimum Gasteiger partial charge on any atom is -0.494 e. The molecule has 2 aromatic carbocycles. The van der Waals surface area contributed by atoms with Gasteiger partial charge in [0.15, 0.2) is 0 Å². The predicted molar refractivity (Wildman–Crippen MR) is 134 cm³/mol. The summed E-state index contributed by atoms with van der Waals surface area (Å²) in [6.07, 6.45) is -1.24. The first-order chi connectivity index (χ1) is 17.4. The van der Waals surface area contributed by atoms with Gasteiger partial charge in [-0.1, -0.05) is 20.8 Å². The highest BCUT2D eigenvalue weighted by Gasteiger charge is 2.35. The Morgan fingerprint density at radius 3 is 2.51 bits per heavy atom. The first-order valence-electron chi connectivity index (χ1n) is 12.4. The molecule has 1 aromatic heterocycles. The Morgan fingerprint density at radius 1 is 1.16 bits per heavy atom. The smallest absolute Gasteiger partial charge is 0.494 e. The third-order valence-electron chi connectivity index (χ3n) is 6.54. The van der Waals surface area contributed by atoms with Crippen molar-refractivity contribution in [2.24, 2.45) is 11.3 Å².